The van der Waals surface area contributed by atoms with Crippen LogP contribution in [0.2, 0.25) is 0 Å². The van der Waals surface area contributed by atoms with Gasteiger partial charge in [0.25, 0.3) is 0 Å². The van der Waals surface area contributed by atoms with Crippen LogP contribution in [-0.4, -0.2) is 71.2 Å². The van der Waals surface area contributed by atoms with Gasteiger partial charge in [-0.25, -0.2) is 0 Å². The van der Waals surface area contributed by atoms with E-state index in [1.807, 2.05) is 74.5 Å². The molecule has 0 saturated carbocycles. The van der Waals surface area contributed by atoms with E-state index in [0.717, 1.165) is 90.9 Å². The molecule has 55 heavy (non-hydrogen) atoms. The molecule has 1 fully saturated rings. The molecule has 0 amide bonds. The Morgan fingerprint density at radius 3 is 1.71 bits per heavy atom. The predicted octanol–water partition coefficient (Wildman–Crippen LogP) is 6.76. The van der Waals surface area contributed by atoms with Gasteiger partial charge >= 0.3 is 11.9 Å². The second kappa shape index (κ2) is 16.9. The number of piperazine rings is 1. The Morgan fingerprint density at radius 1 is 0.655 bits per heavy atom. The summed E-state index contributed by atoms with van der Waals surface area (Å²) >= 11 is 0. The molecule has 7 rings (SSSR count). The third kappa shape index (κ3) is 9.53. The molecule has 0 atom stereocenters. The number of benzene rings is 4. The van der Waals surface area contributed by atoms with Gasteiger partial charge in [-0.1, -0.05) is 59.4 Å². The van der Waals surface area contributed by atoms with E-state index in [4.69, 9.17) is 8.83 Å². The molecule has 6 aromatic rings. The molecule has 9 nitrogen and oxygen atoms in total. The molecule has 2 aromatic heterocycles. The van der Waals surface area contributed by atoms with Crippen LogP contribution in [0.15, 0.2) is 93.8 Å². The number of hydrogen-bond acceptors (Lipinski definition) is 7. The highest BCUT2D eigenvalue weighted by molar-refractivity contribution is 5.89. The second-order valence-electron chi connectivity index (χ2n) is 14.2. The minimum Gasteiger partial charge on any atom is -0.481 e. The summed E-state index contributed by atoms with van der Waals surface area (Å²) in [6.45, 7) is 11.3. The summed E-state index contributed by atoms with van der Waals surface area (Å²) in [5.74, 6) is 11.6. The zero-order chi connectivity index (χ0) is 38.3. The number of aliphatic carboxylic acids is 2. The zero-order valence-corrected chi connectivity index (χ0v) is 31.1. The van der Waals surface area contributed by atoms with Crippen LogP contribution in [0.25, 0.3) is 21.9 Å². The number of furan rings is 2. The van der Waals surface area contributed by atoms with Gasteiger partial charge in [-0.3, -0.25) is 19.4 Å². The first-order valence-corrected chi connectivity index (χ1v) is 18.5. The van der Waals surface area contributed by atoms with Crippen molar-refractivity contribution in [3.8, 4) is 23.7 Å². The van der Waals surface area contributed by atoms with Gasteiger partial charge in [-0.2, -0.15) is 0 Å². The molecule has 0 aliphatic carbocycles. The summed E-state index contributed by atoms with van der Waals surface area (Å²) in [6, 6.07) is 27.8. The van der Waals surface area contributed by atoms with Crippen LogP contribution < -0.4 is 5.32 Å². The fourth-order valence-electron chi connectivity index (χ4n) is 7.04. The van der Waals surface area contributed by atoms with E-state index in [1.54, 1.807) is 0 Å². The fourth-order valence-corrected chi connectivity index (χ4v) is 7.04. The summed E-state index contributed by atoms with van der Waals surface area (Å²) in [7, 11) is 0. The number of carbonyl (C=O) groups is 2. The lowest BCUT2D eigenvalue weighted by Gasteiger charge is -2.34. The number of carboxylic acid groups (broad SMARTS) is 2. The minimum absolute atomic E-state index is 0.141. The standard InChI is InChI=1S/C46H43N3O6/c1-31-9-13-41-37(23-31)39(27-45(50)51)43(54-41)15-11-33-5-3-7-35(25-33)29-47-17-18-48-19-21-49(22-20-48)30-36-8-4-6-34(26-36)12-16-44-40(28-46(52)53)38-24-32(2)10-14-42(38)55-44/h3-10,13-14,23-26,47H,17-22,27-30H2,1-2H3,(H,50,51)(H,52,53). The van der Waals surface area contributed by atoms with E-state index < -0.39 is 11.9 Å². The molecule has 1 aliphatic rings. The van der Waals surface area contributed by atoms with E-state index in [2.05, 4.69) is 63.1 Å². The second-order valence-corrected chi connectivity index (χ2v) is 14.2. The molecule has 0 spiro atoms. The highest BCUT2D eigenvalue weighted by Gasteiger charge is 2.19. The monoisotopic (exact) mass is 733 g/mol. The van der Waals surface area contributed by atoms with Crippen molar-refractivity contribution < 1.29 is 28.6 Å². The number of hydrogen-bond donors (Lipinski definition) is 3. The van der Waals surface area contributed by atoms with Gasteiger partial charge in [0, 0.05) is 85.4 Å². The molecular weight excluding hydrogens is 691 g/mol. The van der Waals surface area contributed by atoms with Crippen LogP contribution in [0.1, 0.15) is 56.0 Å². The van der Waals surface area contributed by atoms with Crippen LogP contribution in [0.5, 0.6) is 0 Å². The Kier molecular flexibility index (Phi) is 11.5. The van der Waals surface area contributed by atoms with Crippen molar-refractivity contribution in [3.05, 3.63) is 141 Å². The van der Waals surface area contributed by atoms with Crippen LogP contribution in [-0.2, 0) is 35.5 Å². The number of fused-ring (bicyclic) bond motifs is 2. The third-order valence-corrected chi connectivity index (χ3v) is 9.85. The molecule has 9 heteroatoms. The average Bonchev–Trinajstić information content (AvgIpc) is 3.68. The van der Waals surface area contributed by atoms with E-state index in [0.29, 0.717) is 33.8 Å². The summed E-state index contributed by atoms with van der Waals surface area (Å²) in [4.78, 5) is 28.1. The minimum atomic E-state index is -0.918. The van der Waals surface area contributed by atoms with Gasteiger partial charge in [0.05, 0.1) is 12.8 Å². The SMILES string of the molecule is Cc1ccc2oc(C#Cc3cccc(CNCCN4CCN(Cc5cccc(C#Cc6oc7ccc(C)cc7c6CC(=O)O)c5)CC4)c3)c(CC(=O)O)c2c1. The largest absolute Gasteiger partial charge is 0.481 e. The van der Waals surface area contributed by atoms with Crippen LogP contribution in [0.3, 0.4) is 0 Å². The first kappa shape index (κ1) is 37.2. The lowest BCUT2D eigenvalue weighted by molar-refractivity contribution is -0.137. The van der Waals surface area contributed by atoms with Gasteiger partial charge < -0.3 is 24.4 Å². The Bertz CT molecular complexity index is 2490. The van der Waals surface area contributed by atoms with Gasteiger partial charge in [0.1, 0.15) is 11.2 Å². The van der Waals surface area contributed by atoms with E-state index >= 15 is 0 Å². The normalized spacial score (nSPS) is 13.3. The molecule has 278 valence electrons. The van der Waals surface area contributed by atoms with E-state index in [9.17, 15) is 19.8 Å². The maximum Gasteiger partial charge on any atom is 0.308 e. The summed E-state index contributed by atoms with van der Waals surface area (Å²) in [5.41, 5.74) is 8.62. The topological polar surface area (TPSA) is 119 Å². The number of carboxylic acids is 2. The van der Waals surface area contributed by atoms with Crippen molar-refractivity contribution in [1.82, 2.24) is 15.1 Å². The van der Waals surface area contributed by atoms with Crippen molar-refractivity contribution in [3.63, 3.8) is 0 Å². The quantitative estimate of drug-likeness (QED) is 0.0981. The van der Waals surface area contributed by atoms with Crippen molar-refractivity contribution >= 4 is 33.9 Å². The number of nitrogens with zero attached hydrogens (tertiary/aromatic N) is 2. The third-order valence-electron chi connectivity index (χ3n) is 9.85. The molecular formula is C46H43N3O6. The summed E-state index contributed by atoms with van der Waals surface area (Å²) in [5, 5.41) is 24.2. The van der Waals surface area contributed by atoms with Gasteiger partial charge in [-0.05, 0) is 85.3 Å². The molecule has 3 N–H and O–H groups in total. The Balaban J connectivity index is 0.883. The van der Waals surface area contributed by atoms with Gasteiger partial charge in [0.15, 0.2) is 11.5 Å². The zero-order valence-electron chi connectivity index (χ0n) is 31.1. The molecule has 0 radical (unpaired) electrons. The Hall–Kier alpha value is -6.10. The lowest BCUT2D eigenvalue weighted by atomic mass is 10.1. The van der Waals surface area contributed by atoms with Crippen LogP contribution in [0.4, 0.5) is 0 Å². The molecule has 1 saturated heterocycles. The predicted molar refractivity (Wildman–Crippen MR) is 213 cm³/mol. The fraction of sp³-hybridized carbons (Fsp3) is 0.261. The first-order valence-electron chi connectivity index (χ1n) is 18.5. The molecule has 0 unspecified atom stereocenters. The Morgan fingerprint density at radius 2 is 1.16 bits per heavy atom. The van der Waals surface area contributed by atoms with Gasteiger partial charge in [-0.15, -0.1) is 0 Å². The summed E-state index contributed by atoms with van der Waals surface area (Å²) < 4.78 is 11.9. The van der Waals surface area contributed by atoms with Crippen LogP contribution in [0, 0.1) is 37.5 Å². The molecule has 0 bridgehead atoms. The average molecular weight is 734 g/mol. The maximum atomic E-state index is 11.6. The summed E-state index contributed by atoms with van der Waals surface area (Å²) in [6.07, 6.45) is -0.284. The maximum absolute atomic E-state index is 11.6. The smallest absolute Gasteiger partial charge is 0.308 e. The first-order chi connectivity index (χ1) is 26.7. The van der Waals surface area contributed by atoms with E-state index in [-0.39, 0.29) is 12.8 Å². The molecule has 4 aromatic carbocycles. The van der Waals surface area contributed by atoms with Crippen molar-refractivity contribution in [2.24, 2.45) is 0 Å². The molecule has 3 heterocycles. The Labute approximate surface area is 320 Å². The van der Waals surface area contributed by atoms with Crippen molar-refractivity contribution in [2.45, 2.75) is 39.8 Å². The lowest BCUT2D eigenvalue weighted by Crippen LogP contribution is -2.47. The van der Waals surface area contributed by atoms with Crippen molar-refractivity contribution in [1.29, 1.82) is 0 Å². The van der Waals surface area contributed by atoms with Crippen molar-refractivity contribution in [2.75, 3.05) is 39.3 Å². The highest BCUT2D eigenvalue weighted by atomic mass is 16.4. The van der Waals surface area contributed by atoms with Gasteiger partial charge in [0.2, 0.25) is 0 Å². The van der Waals surface area contributed by atoms with Crippen LogP contribution >= 0.6 is 0 Å². The number of rotatable bonds is 11. The number of aryl methyl sites for hydroxylation is 2. The van der Waals surface area contributed by atoms with E-state index in [1.165, 1.54) is 5.56 Å². The highest BCUT2D eigenvalue weighted by Crippen LogP contribution is 2.28. The molecule has 1 aliphatic heterocycles. The number of nitrogens with one attached hydrogen (secondary N) is 1.